The molecule has 1 N–H and O–H groups in total. The Hall–Kier alpha value is -0.120. The zero-order chi connectivity index (χ0) is 11.7. The predicted octanol–water partition coefficient (Wildman–Crippen LogP) is 1.34. The van der Waals surface area contributed by atoms with Crippen molar-refractivity contribution in [2.45, 2.75) is 45.9 Å². The number of rotatable bonds is 1. The fraction of sp³-hybridized carbons (Fsp3) is 1.00. The average molecular weight is 226 g/mol. The van der Waals surface area contributed by atoms with Crippen LogP contribution in [0.4, 0.5) is 0 Å². The van der Waals surface area contributed by atoms with E-state index >= 15 is 0 Å². The Balaban J connectivity index is 2.03. The van der Waals surface area contributed by atoms with E-state index in [1.54, 1.807) is 0 Å². The van der Waals surface area contributed by atoms with E-state index in [0.29, 0.717) is 12.2 Å². The molecule has 16 heavy (non-hydrogen) atoms. The fourth-order valence-corrected chi connectivity index (χ4v) is 3.52. The molecule has 0 bridgehead atoms. The van der Waals surface area contributed by atoms with Crippen molar-refractivity contribution in [1.82, 2.24) is 10.2 Å². The molecule has 0 aliphatic carbocycles. The van der Waals surface area contributed by atoms with Gasteiger partial charge in [0.2, 0.25) is 0 Å². The molecule has 0 aromatic carbocycles. The Morgan fingerprint density at radius 2 is 1.44 bits per heavy atom. The Kier molecular flexibility index (Phi) is 3.88. The van der Waals surface area contributed by atoms with Crippen LogP contribution in [0.15, 0.2) is 0 Å². The van der Waals surface area contributed by atoms with Gasteiger partial charge in [-0.3, -0.25) is 4.90 Å². The zero-order valence-corrected chi connectivity index (χ0v) is 11.1. The van der Waals surface area contributed by atoms with Crippen LogP contribution in [0.5, 0.6) is 0 Å². The Morgan fingerprint density at radius 1 is 0.938 bits per heavy atom. The largest absolute Gasteiger partial charge is 0.373 e. The topological polar surface area (TPSA) is 24.5 Å². The summed E-state index contributed by atoms with van der Waals surface area (Å²) in [5, 5.41) is 3.52. The van der Waals surface area contributed by atoms with Gasteiger partial charge in [0.1, 0.15) is 0 Å². The maximum atomic E-state index is 5.82. The number of hydrogen-bond acceptors (Lipinski definition) is 3. The van der Waals surface area contributed by atoms with Gasteiger partial charge in [-0.15, -0.1) is 0 Å². The Morgan fingerprint density at radius 3 is 1.94 bits per heavy atom. The zero-order valence-electron chi connectivity index (χ0n) is 11.1. The number of morpholine rings is 1. The van der Waals surface area contributed by atoms with Crippen molar-refractivity contribution in [1.29, 1.82) is 0 Å². The third-order valence-electron chi connectivity index (χ3n) is 3.97. The first-order valence-corrected chi connectivity index (χ1v) is 6.68. The van der Waals surface area contributed by atoms with Crippen LogP contribution in [-0.4, -0.2) is 49.3 Å². The van der Waals surface area contributed by atoms with E-state index in [2.05, 4.69) is 37.9 Å². The molecule has 2 fully saturated rings. The van der Waals surface area contributed by atoms with E-state index in [4.69, 9.17) is 4.74 Å². The number of ether oxygens (including phenoxy) is 1. The molecular formula is C13H26N2O. The van der Waals surface area contributed by atoms with Crippen LogP contribution in [0.3, 0.4) is 0 Å². The van der Waals surface area contributed by atoms with Crippen LogP contribution in [0.1, 0.15) is 27.7 Å². The van der Waals surface area contributed by atoms with E-state index < -0.39 is 0 Å². The molecular weight excluding hydrogens is 200 g/mol. The molecule has 0 saturated carbocycles. The van der Waals surface area contributed by atoms with Gasteiger partial charge < -0.3 is 10.1 Å². The van der Waals surface area contributed by atoms with Crippen molar-refractivity contribution in [2.75, 3.05) is 26.2 Å². The quantitative estimate of drug-likeness (QED) is 0.730. The molecule has 2 heterocycles. The lowest BCUT2D eigenvalue weighted by Crippen LogP contribution is -2.58. The highest BCUT2D eigenvalue weighted by Gasteiger charge is 2.35. The highest BCUT2D eigenvalue weighted by atomic mass is 16.5. The first kappa shape index (κ1) is 12.3. The minimum Gasteiger partial charge on any atom is -0.373 e. The second-order valence-corrected chi connectivity index (χ2v) is 5.81. The fourth-order valence-electron chi connectivity index (χ4n) is 3.52. The van der Waals surface area contributed by atoms with Crippen molar-refractivity contribution in [3.05, 3.63) is 0 Å². The molecule has 2 aliphatic rings. The van der Waals surface area contributed by atoms with Crippen LogP contribution in [0.2, 0.25) is 0 Å². The molecule has 0 aromatic rings. The molecule has 2 saturated heterocycles. The minimum absolute atomic E-state index is 0.387. The molecule has 0 aromatic heterocycles. The SMILES string of the molecule is CC1CNCC(C)C1N1C[C@@H](C)O[C@@H](C)C1. The second-order valence-electron chi connectivity index (χ2n) is 5.81. The molecule has 0 spiro atoms. The Labute approximate surface area is 99.5 Å². The van der Waals surface area contributed by atoms with E-state index in [1.807, 2.05) is 0 Å². The molecule has 3 heteroatoms. The van der Waals surface area contributed by atoms with E-state index in [0.717, 1.165) is 44.1 Å². The van der Waals surface area contributed by atoms with Crippen LogP contribution < -0.4 is 5.32 Å². The van der Waals surface area contributed by atoms with Gasteiger partial charge in [-0.2, -0.15) is 0 Å². The molecule has 94 valence electrons. The summed E-state index contributed by atoms with van der Waals surface area (Å²) in [4.78, 5) is 2.66. The average Bonchev–Trinajstić information content (AvgIpc) is 2.15. The third kappa shape index (κ3) is 2.58. The van der Waals surface area contributed by atoms with Crippen LogP contribution >= 0.6 is 0 Å². The van der Waals surface area contributed by atoms with Gasteiger partial charge in [-0.05, 0) is 38.8 Å². The lowest BCUT2D eigenvalue weighted by molar-refractivity contribution is -0.0962. The molecule has 4 atom stereocenters. The summed E-state index contributed by atoms with van der Waals surface area (Å²) < 4.78 is 5.82. The van der Waals surface area contributed by atoms with E-state index in [9.17, 15) is 0 Å². The highest BCUT2D eigenvalue weighted by molar-refractivity contribution is 4.90. The van der Waals surface area contributed by atoms with Gasteiger partial charge in [0, 0.05) is 19.1 Å². The van der Waals surface area contributed by atoms with Gasteiger partial charge in [0.15, 0.2) is 0 Å². The molecule has 0 amide bonds. The van der Waals surface area contributed by atoms with E-state index in [1.165, 1.54) is 0 Å². The number of nitrogens with zero attached hydrogens (tertiary/aromatic N) is 1. The molecule has 3 nitrogen and oxygen atoms in total. The number of hydrogen-bond donors (Lipinski definition) is 1. The second kappa shape index (κ2) is 5.03. The van der Waals surface area contributed by atoms with Gasteiger partial charge in [0.25, 0.3) is 0 Å². The maximum Gasteiger partial charge on any atom is 0.0678 e. The summed E-state index contributed by atoms with van der Waals surface area (Å²) in [7, 11) is 0. The van der Waals surface area contributed by atoms with Gasteiger partial charge in [0.05, 0.1) is 12.2 Å². The van der Waals surface area contributed by atoms with Crippen molar-refractivity contribution >= 4 is 0 Å². The molecule has 2 unspecified atom stereocenters. The van der Waals surface area contributed by atoms with Crippen molar-refractivity contribution in [2.24, 2.45) is 11.8 Å². The first-order valence-electron chi connectivity index (χ1n) is 6.68. The van der Waals surface area contributed by atoms with E-state index in [-0.39, 0.29) is 0 Å². The maximum absolute atomic E-state index is 5.82. The minimum atomic E-state index is 0.387. The van der Waals surface area contributed by atoms with Gasteiger partial charge in [-0.25, -0.2) is 0 Å². The molecule has 0 radical (unpaired) electrons. The van der Waals surface area contributed by atoms with Crippen molar-refractivity contribution < 1.29 is 4.74 Å². The van der Waals surface area contributed by atoms with Crippen LogP contribution in [0.25, 0.3) is 0 Å². The van der Waals surface area contributed by atoms with Gasteiger partial charge >= 0.3 is 0 Å². The first-order chi connectivity index (χ1) is 7.58. The summed E-state index contributed by atoms with van der Waals surface area (Å²) in [6, 6.07) is 0.732. The van der Waals surface area contributed by atoms with Gasteiger partial charge in [-0.1, -0.05) is 13.8 Å². The monoisotopic (exact) mass is 226 g/mol. The third-order valence-corrected chi connectivity index (χ3v) is 3.97. The summed E-state index contributed by atoms with van der Waals surface area (Å²) in [6.45, 7) is 13.7. The van der Waals surface area contributed by atoms with Crippen molar-refractivity contribution in [3.63, 3.8) is 0 Å². The normalized spacial score (nSPS) is 46.9. The summed E-state index contributed by atoms with van der Waals surface area (Å²) in [5.41, 5.74) is 0. The summed E-state index contributed by atoms with van der Waals surface area (Å²) in [6.07, 6.45) is 0.774. The lowest BCUT2D eigenvalue weighted by atomic mass is 9.85. The molecule has 2 aliphatic heterocycles. The number of nitrogens with one attached hydrogen (secondary N) is 1. The Bertz CT molecular complexity index is 214. The molecule has 2 rings (SSSR count). The summed E-state index contributed by atoms with van der Waals surface area (Å²) >= 11 is 0. The van der Waals surface area contributed by atoms with Crippen molar-refractivity contribution in [3.8, 4) is 0 Å². The number of piperidine rings is 1. The lowest BCUT2D eigenvalue weighted by Gasteiger charge is -2.47. The predicted molar refractivity (Wildman–Crippen MR) is 66.6 cm³/mol. The standard InChI is InChI=1S/C13H26N2O/c1-9-5-14-6-10(2)13(9)15-7-11(3)16-12(4)8-15/h9-14H,5-8H2,1-4H3/t9?,10?,11-,12+,13?. The van der Waals surface area contributed by atoms with Crippen LogP contribution in [-0.2, 0) is 4.74 Å². The smallest absolute Gasteiger partial charge is 0.0678 e. The highest BCUT2D eigenvalue weighted by Crippen LogP contribution is 2.25. The summed E-state index contributed by atoms with van der Waals surface area (Å²) in [5.74, 6) is 1.50. The van der Waals surface area contributed by atoms with Crippen LogP contribution in [0, 0.1) is 11.8 Å².